The smallest absolute Gasteiger partial charge is 0.196 e. The lowest BCUT2D eigenvalue weighted by atomic mass is 9.79. The summed E-state index contributed by atoms with van der Waals surface area (Å²) in [7, 11) is 0. The first kappa shape index (κ1) is 14.7. The zero-order valence-electron chi connectivity index (χ0n) is 11.5. The molecular weight excluding hydrogens is 256 g/mol. The number of rotatable bonds is 4. The Hall–Kier alpha value is -1.69. The summed E-state index contributed by atoms with van der Waals surface area (Å²) in [5.41, 5.74) is 1.17. The van der Waals surface area contributed by atoms with E-state index in [0.29, 0.717) is 5.92 Å². The second-order valence-electron chi connectivity index (χ2n) is 5.57. The van der Waals surface area contributed by atoms with Gasteiger partial charge >= 0.3 is 0 Å². The van der Waals surface area contributed by atoms with Gasteiger partial charge in [-0.25, -0.2) is 4.39 Å². The Bertz CT molecular complexity index is 491. The van der Waals surface area contributed by atoms with E-state index in [-0.39, 0.29) is 11.7 Å². The van der Waals surface area contributed by atoms with Crippen LogP contribution in [0.4, 0.5) is 8.78 Å². The summed E-state index contributed by atoms with van der Waals surface area (Å²) in [6.07, 6.45) is 7.63. The molecule has 1 saturated carbocycles. The van der Waals surface area contributed by atoms with Crippen molar-refractivity contribution in [3.8, 4) is 6.07 Å². The van der Waals surface area contributed by atoms with Crippen LogP contribution in [0.25, 0.3) is 0 Å². The molecule has 106 valence electrons. The number of nitrogens with zero attached hydrogens (tertiary/aromatic N) is 1. The van der Waals surface area contributed by atoms with E-state index in [1.165, 1.54) is 29.8 Å². The van der Waals surface area contributed by atoms with Crippen molar-refractivity contribution in [2.45, 2.75) is 38.5 Å². The molecule has 0 heterocycles. The zero-order valence-corrected chi connectivity index (χ0v) is 11.5. The van der Waals surface area contributed by atoms with Crippen LogP contribution in [0.1, 0.15) is 37.7 Å². The molecule has 0 aliphatic heterocycles. The van der Waals surface area contributed by atoms with Crippen molar-refractivity contribution in [1.29, 1.82) is 5.26 Å². The fourth-order valence-electron chi connectivity index (χ4n) is 2.91. The molecule has 0 bridgehead atoms. The SMILES string of the molecule is N#C/C(F)=C/C1CCC(CCc2ccc(F)cc2)CC1. The summed E-state index contributed by atoms with van der Waals surface area (Å²) in [5.74, 6) is 0.0342. The zero-order chi connectivity index (χ0) is 14.4. The number of halogens is 2. The van der Waals surface area contributed by atoms with Gasteiger partial charge < -0.3 is 0 Å². The van der Waals surface area contributed by atoms with Crippen LogP contribution < -0.4 is 0 Å². The van der Waals surface area contributed by atoms with Gasteiger partial charge in [0, 0.05) is 0 Å². The Morgan fingerprint density at radius 2 is 1.85 bits per heavy atom. The highest BCUT2D eigenvalue weighted by molar-refractivity contribution is 5.16. The van der Waals surface area contributed by atoms with Crippen LogP contribution in [-0.4, -0.2) is 0 Å². The molecule has 0 saturated heterocycles. The molecule has 1 fully saturated rings. The van der Waals surface area contributed by atoms with Crippen molar-refractivity contribution in [2.24, 2.45) is 11.8 Å². The molecule has 0 amide bonds. The first-order valence-electron chi connectivity index (χ1n) is 7.19. The van der Waals surface area contributed by atoms with Crippen molar-refractivity contribution >= 4 is 0 Å². The van der Waals surface area contributed by atoms with Crippen molar-refractivity contribution < 1.29 is 8.78 Å². The molecule has 0 aromatic heterocycles. The number of benzene rings is 1. The molecule has 0 radical (unpaired) electrons. The molecule has 0 N–H and O–H groups in total. The third-order valence-electron chi connectivity index (χ3n) is 4.13. The predicted molar refractivity (Wildman–Crippen MR) is 75.0 cm³/mol. The van der Waals surface area contributed by atoms with E-state index >= 15 is 0 Å². The minimum atomic E-state index is -0.653. The van der Waals surface area contributed by atoms with E-state index in [0.717, 1.165) is 38.5 Å². The van der Waals surface area contributed by atoms with Gasteiger partial charge in [0.05, 0.1) is 0 Å². The molecule has 1 nitrogen and oxygen atoms in total. The first-order valence-corrected chi connectivity index (χ1v) is 7.19. The minimum Gasteiger partial charge on any atom is -0.207 e. The molecule has 1 aliphatic rings. The second-order valence-corrected chi connectivity index (χ2v) is 5.57. The fourth-order valence-corrected chi connectivity index (χ4v) is 2.91. The Labute approximate surface area is 118 Å². The normalized spacial score (nSPS) is 23.4. The maximum Gasteiger partial charge on any atom is 0.196 e. The summed E-state index contributed by atoms with van der Waals surface area (Å²) >= 11 is 0. The van der Waals surface area contributed by atoms with Crippen LogP contribution in [0.5, 0.6) is 0 Å². The van der Waals surface area contributed by atoms with E-state index in [1.807, 2.05) is 12.1 Å². The van der Waals surface area contributed by atoms with Crippen LogP contribution in [0.15, 0.2) is 36.2 Å². The molecule has 0 spiro atoms. The van der Waals surface area contributed by atoms with Crippen LogP contribution in [-0.2, 0) is 6.42 Å². The summed E-state index contributed by atoms with van der Waals surface area (Å²) in [6, 6.07) is 8.22. The van der Waals surface area contributed by atoms with E-state index in [9.17, 15) is 8.78 Å². The monoisotopic (exact) mass is 275 g/mol. The van der Waals surface area contributed by atoms with E-state index in [2.05, 4.69) is 0 Å². The lowest BCUT2D eigenvalue weighted by Crippen LogP contribution is -2.14. The Morgan fingerprint density at radius 3 is 2.45 bits per heavy atom. The van der Waals surface area contributed by atoms with Crippen LogP contribution in [0.2, 0.25) is 0 Å². The molecule has 1 aliphatic carbocycles. The lowest BCUT2D eigenvalue weighted by Gasteiger charge is -2.26. The maximum absolute atomic E-state index is 12.9. The topological polar surface area (TPSA) is 23.8 Å². The van der Waals surface area contributed by atoms with Gasteiger partial charge in [0.25, 0.3) is 0 Å². The molecular formula is C17H19F2N. The Morgan fingerprint density at radius 1 is 1.20 bits per heavy atom. The van der Waals surface area contributed by atoms with Crippen molar-refractivity contribution in [3.63, 3.8) is 0 Å². The van der Waals surface area contributed by atoms with E-state index in [1.54, 1.807) is 0 Å². The Balaban J connectivity index is 1.75. The van der Waals surface area contributed by atoms with Crippen molar-refractivity contribution in [3.05, 3.63) is 47.5 Å². The largest absolute Gasteiger partial charge is 0.207 e. The maximum atomic E-state index is 12.9. The highest BCUT2D eigenvalue weighted by Crippen LogP contribution is 2.32. The second kappa shape index (κ2) is 7.19. The van der Waals surface area contributed by atoms with E-state index in [4.69, 9.17) is 5.26 Å². The Kier molecular flexibility index (Phi) is 5.29. The number of hydrogen-bond donors (Lipinski definition) is 0. The summed E-state index contributed by atoms with van der Waals surface area (Å²) < 4.78 is 25.7. The molecule has 1 aromatic rings. The van der Waals surface area contributed by atoms with Gasteiger partial charge in [-0.2, -0.15) is 9.65 Å². The lowest BCUT2D eigenvalue weighted by molar-refractivity contribution is 0.294. The third-order valence-corrected chi connectivity index (χ3v) is 4.13. The van der Waals surface area contributed by atoms with Gasteiger partial charge in [-0.15, -0.1) is 0 Å². The number of allylic oxidation sites excluding steroid dienone is 2. The molecule has 2 rings (SSSR count). The van der Waals surface area contributed by atoms with Gasteiger partial charge in [0.15, 0.2) is 5.83 Å². The first-order chi connectivity index (χ1) is 9.67. The summed E-state index contributed by atoms with van der Waals surface area (Å²) in [5, 5.41) is 8.43. The predicted octanol–water partition coefficient (Wildman–Crippen LogP) is 4.94. The number of aryl methyl sites for hydroxylation is 1. The highest BCUT2D eigenvalue weighted by Gasteiger charge is 2.20. The molecule has 1 aromatic carbocycles. The van der Waals surface area contributed by atoms with E-state index < -0.39 is 5.83 Å². The highest BCUT2D eigenvalue weighted by atomic mass is 19.1. The molecule has 20 heavy (non-hydrogen) atoms. The summed E-state index contributed by atoms with van der Waals surface area (Å²) in [6.45, 7) is 0. The number of nitriles is 1. The average molecular weight is 275 g/mol. The quantitative estimate of drug-likeness (QED) is 0.714. The van der Waals surface area contributed by atoms with Crippen molar-refractivity contribution in [2.75, 3.05) is 0 Å². The molecule has 3 heteroatoms. The molecule has 0 unspecified atom stereocenters. The van der Waals surface area contributed by atoms with Gasteiger partial charge in [0.1, 0.15) is 11.9 Å². The van der Waals surface area contributed by atoms with Gasteiger partial charge in [0.2, 0.25) is 0 Å². The standard InChI is InChI=1S/C17H19F2N/c18-16-9-7-14(8-10-16)2-1-13-3-5-15(6-4-13)11-17(19)12-20/h7-11,13,15H,1-6H2/b17-11-. The van der Waals surface area contributed by atoms with Crippen LogP contribution in [0.3, 0.4) is 0 Å². The number of hydrogen-bond acceptors (Lipinski definition) is 1. The van der Waals surface area contributed by atoms with Crippen LogP contribution in [0, 0.1) is 29.0 Å². The third kappa shape index (κ3) is 4.45. The average Bonchev–Trinajstić information content (AvgIpc) is 2.48. The fraction of sp³-hybridized carbons (Fsp3) is 0.471. The minimum absolute atomic E-state index is 0.194. The van der Waals surface area contributed by atoms with Crippen molar-refractivity contribution in [1.82, 2.24) is 0 Å². The molecule has 0 atom stereocenters. The van der Waals surface area contributed by atoms with Gasteiger partial charge in [-0.3, -0.25) is 0 Å². The summed E-state index contributed by atoms with van der Waals surface area (Å²) in [4.78, 5) is 0. The van der Waals surface area contributed by atoms with Gasteiger partial charge in [-0.05, 0) is 74.1 Å². The van der Waals surface area contributed by atoms with Gasteiger partial charge in [-0.1, -0.05) is 12.1 Å². The van der Waals surface area contributed by atoms with Crippen LogP contribution >= 0.6 is 0 Å².